The molecule has 0 atom stereocenters. The van der Waals surface area contributed by atoms with Crippen LogP contribution < -0.4 is 0 Å². The number of hydrogen-bond donors (Lipinski definition) is 0. The summed E-state index contributed by atoms with van der Waals surface area (Å²) in [5.41, 5.74) is -1.35. The van der Waals surface area contributed by atoms with Gasteiger partial charge in [0.1, 0.15) is 0 Å². The second kappa shape index (κ2) is 4.52. The Kier molecular flexibility index (Phi) is 3.96. The lowest BCUT2D eigenvalue weighted by Gasteiger charge is -2.12. The van der Waals surface area contributed by atoms with E-state index in [2.05, 4.69) is 15.9 Å². The number of alkyl halides is 5. The zero-order chi connectivity index (χ0) is 11.8. The molecule has 0 nitrogen and oxygen atoms in total. The molecule has 7 heteroatoms. The minimum absolute atomic E-state index is 0.201. The normalized spacial score (nSPS) is 12.3. The van der Waals surface area contributed by atoms with Gasteiger partial charge in [-0.3, -0.25) is 0 Å². The molecule has 0 bridgehead atoms. The Hall–Kier alpha value is 0.0800. The van der Waals surface area contributed by atoms with Gasteiger partial charge in [0.15, 0.2) is 0 Å². The van der Waals surface area contributed by atoms with Crippen molar-refractivity contribution in [1.29, 1.82) is 0 Å². The standard InChI is InChI=1S/C8H3BrF5I/c9-5-3(7(10)11)1-2-4(6(5)15)8(12,13)14/h1-2,7H. The van der Waals surface area contributed by atoms with Gasteiger partial charge < -0.3 is 0 Å². The van der Waals surface area contributed by atoms with E-state index < -0.39 is 23.7 Å². The van der Waals surface area contributed by atoms with Crippen LogP contribution in [0, 0.1) is 3.57 Å². The Labute approximate surface area is 104 Å². The monoisotopic (exact) mass is 400 g/mol. The van der Waals surface area contributed by atoms with Crippen molar-refractivity contribution in [1.82, 2.24) is 0 Å². The van der Waals surface area contributed by atoms with Crippen LogP contribution in [0.25, 0.3) is 0 Å². The van der Waals surface area contributed by atoms with E-state index >= 15 is 0 Å². The fourth-order valence-electron chi connectivity index (χ4n) is 0.952. The first-order valence-electron chi connectivity index (χ1n) is 3.58. The van der Waals surface area contributed by atoms with Crippen LogP contribution >= 0.6 is 38.5 Å². The van der Waals surface area contributed by atoms with Gasteiger partial charge in [-0.1, -0.05) is 6.07 Å². The highest BCUT2D eigenvalue weighted by Gasteiger charge is 2.34. The Morgan fingerprint density at radius 1 is 1.20 bits per heavy atom. The van der Waals surface area contributed by atoms with E-state index in [4.69, 9.17) is 0 Å². The van der Waals surface area contributed by atoms with Crippen LogP contribution in [-0.2, 0) is 6.18 Å². The third-order valence-corrected chi connectivity index (χ3v) is 4.37. The van der Waals surface area contributed by atoms with Crippen LogP contribution in [0.4, 0.5) is 22.0 Å². The summed E-state index contributed by atoms with van der Waals surface area (Å²) in [7, 11) is 0. The SMILES string of the molecule is FC(F)c1ccc(C(F)(F)F)c(I)c1Br. The fourth-order valence-corrected chi connectivity index (χ4v) is 2.27. The van der Waals surface area contributed by atoms with Crippen molar-refractivity contribution in [3.05, 3.63) is 31.3 Å². The summed E-state index contributed by atoms with van der Waals surface area (Å²) < 4.78 is 61.2. The number of benzene rings is 1. The van der Waals surface area contributed by atoms with Crippen molar-refractivity contribution in [3.8, 4) is 0 Å². The van der Waals surface area contributed by atoms with Gasteiger partial charge in [0, 0.05) is 13.6 Å². The molecule has 0 unspecified atom stereocenters. The van der Waals surface area contributed by atoms with Gasteiger partial charge in [-0.25, -0.2) is 8.78 Å². The van der Waals surface area contributed by atoms with Crippen LogP contribution in [0.2, 0.25) is 0 Å². The van der Waals surface area contributed by atoms with Crippen molar-refractivity contribution in [2.24, 2.45) is 0 Å². The topological polar surface area (TPSA) is 0 Å². The molecule has 15 heavy (non-hydrogen) atoms. The smallest absolute Gasteiger partial charge is 0.205 e. The predicted octanol–water partition coefficient (Wildman–Crippen LogP) is 5.01. The predicted molar refractivity (Wildman–Crippen MR) is 56.8 cm³/mol. The average Bonchev–Trinajstić information content (AvgIpc) is 2.06. The lowest BCUT2D eigenvalue weighted by Crippen LogP contribution is -2.08. The molecule has 1 aromatic carbocycles. The van der Waals surface area contributed by atoms with Crippen LogP contribution in [0.3, 0.4) is 0 Å². The summed E-state index contributed by atoms with van der Waals surface area (Å²) >= 11 is 4.13. The summed E-state index contributed by atoms with van der Waals surface area (Å²) in [5.74, 6) is 0. The summed E-state index contributed by atoms with van der Waals surface area (Å²) in [6, 6.07) is 1.44. The van der Waals surface area contributed by atoms with Crippen molar-refractivity contribution in [2.45, 2.75) is 12.6 Å². The van der Waals surface area contributed by atoms with E-state index in [1.165, 1.54) is 22.6 Å². The maximum absolute atomic E-state index is 12.3. The lowest BCUT2D eigenvalue weighted by atomic mass is 10.1. The Balaban J connectivity index is 3.34. The zero-order valence-corrected chi connectivity index (χ0v) is 10.6. The van der Waals surface area contributed by atoms with Crippen molar-refractivity contribution < 1.29 is 22.0 Å². The van der Waals surface area contributed by atoms with E-state index in [1.807, 2.05) is 0 Å². The van der Waals surface area contributed by atoms with E-state index in [1.54, 1.807) is 0 Å². The summed E-state index contributed by atoms with van der Waals surface area (Å²) in [4.78, 5) is 0. The molecule has 0 fully saturated rings. The highest BCUT2D eigenvalue weighted by atomic mass is 127. The molecule has 0 amide bonds. The molecule has 0 saturated heterocycles. The highest BCUT2D eigenvalue weighted by Crippen LogP contribution is 2.39. The molecule has 0 aromatic heterocycles. The third kappa shape index (κ3) is 2.80. The van der Waals surface area contributed by atoms with Gasteiger partial charge >= 0.3 is 6.18 Å². The Morgan fingerprint density at radius 2 is 1.73 bits per heavy atom. The Bertz CT molecular complexity index is 374. The molecule has 0 saturated carbocycles. The van der Waals surface area contributed by atoms with Gasteiger partial charge in [-0.15, -0.1) is 0 Å². The van der Waals surface area contributed by atoms with Crippen LogP contribution in [0.15, 0.2) is 16.6 Å². The molecule has 0 aliphatic rings. The largest absolute Gasteiger partial charge is 0.417 e. The first kappa shape index (κ1) is 13.1. The second-order valence-corrected chi connectivity index (χ2v) is 4.50. The maximum Gasteiger partial charge on any atom is 0.417 e. The van der Waals surface area contributed by atoms with Crippen molar-refractivity contribution in [3.63, 3.8) is 0 Å². The first-order valence-corrected chi connectivity index (χ1v) is 5.45. The second-order valence-electron chi connectivity index (χ2n) is 2.63. The third-order valence-electron chi connectivity index (χ3n) is 1.65. The van der Waals surface area contributed by atoms with Crippen LogP contribution in [0.1, 0.15) is 17.6 Å². The van der Waals surface area contributed by atoms with Gasteiger partial charge in [0.25, 0.3) is 6.43 Å². The first-order chi connectivity index (χ1) is 6.75. The molecular formula is C8H3BrF5I. The quantitative estimate of drug-likeness (QED) is 0.459. The number of rotatable bonds is 1. The average molecular weight is 401 g/mol. The summed E-state index contributed by atoms with van der Waals surface area (Å²) in [6.45, 7) is 0. The van der Waals surface area contributed by atoms with E-state index in [0.29, 0.717) is 6.07 Å². The molecule has 84 valence electrons. The van der Waals surface area contributed by atoms with Gasteiger partial charge in [0.2, 0.25) is 0 Å². The van der Waals surface area contributed by atoms with Crippen LogP contribution in [0.5, 0.6) is 0 Å². The molecular weight excluding hydrogens is 398 g/mol. The molecule has 0 radical (unpaired) electrons. The van der Waals surface area contributed by atoms with E-state index in [-0.39, 0.29) is 8.04 Å². The summed E-state index contributed by atoms with van der Waals surface area (Å²) in [6.07, 6.45) is -7.32. The number of hydrogen-bond acceptors (Lipinski definition) is 0. The maximum atomic E-state index is 12.3. The fraction of sp³-hybridized carbons (Fsp3) is 0.250. The van der Waals surface area contributed by atoms with E-state index in [0.717, 1.165) is 6.07 Å². The molecule has 0 aliphatic heterocycles. The van der Waals surface area contributed by atoms with Gasteiger partial charge in [0.05, 0.1) is 5.56 Å². The minimum atomic E-state index is -4.53. The molecule has 0 heterocycles. The number of halogens is 7. The van der Waals surface area contributed by atoms with Gasteiger partial charge in [-0.2, -0.15) is 13.2 Å². The highest BCUT2D eigenvalue weighted by molar-refractivity contribution is 14.1. The van der Waals surface area contributed by atoms with Crippen LogP contribution in [-0.4, -0.2) is 0 Å². The van der Waals surface area contributed by atoms with Crippen molar-refractivity contribution in [2.75, 3.05) is 0 Å². The Morgan fingerprint density at radius 3 is 2.13 bits per heavy atom. The molecule has 0 spiro atoms. The van der Waals surface area contributed by atoms with Gasteiger partial charge in [-0.05, 0) is 44.6 Å². The summed E-state index contributed by atoms with van der Waals surface area (Å²) in [5, 5.41) is 0. The molecule has 1 aromatic rings. The van der Waals surface area contributed by atoms with Crippen molar-refractivity contribution >= 4 is 38.5 Å². The molecule has 1 rings (SSSR count). The minimum Gasteiger partial charge on any atom is -0.205 e. The lowest BCUT2D eigenvalue weighted by molar-refractivity contribution is -0.138. The van der Waals surface area contributed by atoms with E-state index in [9.17, 15) is 22.0 Å². The molecule has 0 N–H and O–H groups in total. The molecule has 0 aliphatic carbocycles. The zero-order valence-electron chi connectivity index (χ0n) is 6.88.